The zero-order valence-electron chi connectivity index (χ0n) is 13.7. The first-order valence-corrected chi connectivity index (χ1v) is 8.47. The number of Topliss-reactive ketones (excluding diaryl/α,β-unsaturated/α-hetero) is 2. The van der Waals surface area contributed by atoms with Gasteiger partial charge in [0.25, 0.3) is 0 Å². The molecule has 0 aliphatic carbocycles. The Kier molecular flexibility index (Phi) is 12.9. The van der Waals surface area contributed by atoms with E-state index in [0.717, 1.165) is 57.8 Å². The van der Waals surface area contributed by atoms with Crippen LogP contribution < -0.4 is 0 Å². The van der Waals surface area contributed by atoms with E-state index in [-0.39, 0.29) is 12.8 Å². The number of unbranched alkanes of at least 4 members (excludes halogenated alkanes) is 10. The summed E-state index contributed by atoms with van der Waals surface area (Å²) in [6, 6.07) is 0. The second-order valence-electron chi connectivity index (χ2n) is 5.85. The van der Waals surface area contributed by atoms with Gasteiger partial charge < -0.3 is 10.2 Å². The molecule has 0 rings (SSSR count). The molecule has 0 aliphatic heterocycles. The van der Waals surface area contributed by atoms with Crippen LogP contribution in [0.3, 0.4) is 0 Å². The fourth-order valence-corrected chi connectivity index (χ4v) is 2.38. The predicted octanol–water partition coefficient (Wildman–Crippen LogP) is 3.37. The van der Waals surface area contributed by atoms with Crippen molar-refractivity contribution < 1.29 is 29.4 Å². The largest absolute Gasteiger partial charge is 0.476 e. The van der Waals surface area contributed by atoms with Crippen LogP contribution in [0.2, 0.25) is 0 Å². The van der Waals surface area contributed by atoms with Crippen LogP contribution in [0, 0.1) is 0 Å². The van der Waals surface area contributed by atoms with Crippen molar-refractivity contribution in [2.75, 3.05) is 0 Å². The van der Waals surface area contributed by atoms with Crippen LogP contribution in [0.4, 0.5) is 0 Å². The van der Waals surface area contributed by atoms with E-state index in [1.807, 2.05) is 0 Å². The van der Waals surface area contributed by atoms with Gasteiger partial charge in [0.1, 0.15) is 0 Å². The highest BCUT2D eigenvalue weighted by atomic mass is 16.4. The van der Waals surface area contributed by atoms with Gasteiger partial charge in [-0.2, -0.15) is 0 Å². The number of hydrogen-bond donors (Lipinski definition) is 2. The molecule has 0 spiro atoms. The summed E-state index contributed by atoms with van der Waals surface area (Å²) < 4.78 is 0. The summed E-state index contributed by atoms with van der Waals surface area (Å²) in [6.07, 6.45) is 11.1. The van der Waals surface area contributed by atoms with Crippen LogP contribution in [-0.2, 0) is 19.2 Å². The van der Waals surface area contributed by atoms with Crippen LogP contribution in [0.15, 0.2) is 0 Å². The minimum atomic E-state index is -1.34. The monoisotopic (exact) mass is 328 g/mol. The second-order valence-corrected chi connectivity index (χ2v) is 5.85. The van der Waals surface area contributed by atoms with Crippen LogP contribution in [0.5, 0.6) is 0 Å². The average molecular weight is 328 g/mol. The van der Waals surface area contributed by atoms with Crippen molar-refractivity contribution in [3.05, 3.63) is 0 Å². The van der Waals surface area contributed by atoms with Crippen LogP contribution in [0.1, 0.15) is 83.5 Å². The third kappa shape index (κ3) is 13.7. The maximum atomic E-state index is 10.8. The van der Waals surface area contributed by atoms with E-state index in [2.05, 4.69) is 0 Å². The standard InChI is InChI=1S/C17H28O6/c18-14(16(20)21)12-10-8-6-4-2-1-3-5-7-9-11-13-15(19)17(22)23/h1-13H2,(H,20,21)(H,22,23). The molecular formula is C17H28O6. The number of carboxylic acid groups (broad SMARTS) is 2. The third-order valence-electron chi connectivity index (χ3n) is 3.78. The van der Waals surface area contributed by atoms with Crippen LogP contribution >= 0.6 is 0 Å². The molecule has 6 heteroatoms. The Balaban J connectivity index is 3.19. The lowest BCUT2D eigenvalue weighted by atomic mass is 10.0. The van der Waals surface area contributed by atoms with Crippen LogP contribution in [-0.4, -0.2) is 33.7 Å². The molecule has 0 unspecified atom stereocenters. The maximum Gasteiger partial charge on any atom is 0.372 e. The van der Waals surface area contributed by atoms with Gasteiger partial charge in [-0.1, -0.05) is 57.8 Å². The first kappa shape index (κ1) is 21.3. The molecule has 0 amide bonds. The number of rotatable bonds is 16. The Hall–Kier alpha value is -1.72. The van der Waals surface area contributed by atoms with E-state index >= 15 is 0 Å². The molecule has 0 atom stereocenters. The molecule has 6 nitrogen and oxygen atoms in total. The lowest BCUT2D eigenvalue weighted by Crippen LogP contribution is -2.11. The Bertz CT molecular complexity index is 353. The fourth-order valence-electron chi connectivity index (χ4n) is 2.38. The summed E-state index contributed by atoms with van der Waals surface area (Å²) in [5.41, 5.74) is 0. The molecule has 132 valence electrons. The van der Waals surface area contributed by atoms with Gasteiger partial charge in [0, 0.05) is 12.8 Å². The van der Waals surface area contributed by atoms with Crippen molar-refractivity contribution in [1.29, 1.82) is 0 Å². The van der Waals surface area contributed by atoms with Crippen molar-refractivity contribution in [3.63, 3.8) is 0 Å². The van der Waals surface area contributed by atoms with Crippen molar-refractivity contribution >= 4 is 23.5 Å². The molecule has 2 N–H and O–H groups in total. The van der Waals surface area contributed by atoms with E-state index in [1.165, 1.54) is 0 Å². The highest BCUT2D eigenvalue weighted by Crippen LogP contribution is 2.12. The van der Waals surface area contributed by atoms with Gasteiger partial charge in [-0.3, -0.25) is 9.59 Å². The number of aliphatic carboxylic acids is 2. The van der Waals surface area contributed by atoms with E-state index in [0.29, 0.717) is 12.8 Å². The van der Waals surface area contributed by atoms with Crippen molar-refractivity contribution in [2.24, 2.45) is 0 Å². The second kappa shape index (κ2) is 13.9. The summed E-state index contributed by atoms with van der Waals surface area (Å²) in [6.45, 7) is 0. The number of carbonyl (C=O) groups excluding carboxylic acids is 2. The first-order valence-electron chi connectivity index (χ1n) is 8.47. The summed E-state index contributed by atoms with van der Waals surface area (Å²) in [5.74, 6) is -4.07. The number of carbonyl (C=O) groups is 4. The Morgan fingerprint density at radius 3 is 0.870 bits per heavy atom. The van der Waals surface area contributed by atoms with Crippen molar-refractivity contribution in [2.45, 2.75) is 83.5 Å². The quantitative estimate of drug-likeness (QED) is 0.332. The van der Waals surface area contributed by atoms with E-state index < -0.39 is 23.5 Å². The molecule has 0 saturated heterocycles. The van der Waals surface area contributed by atoms with Crippen molar-refractivity contribution in [3.8, 4) is 0 Å². The Morgan fingerprint density at radius 2 is 0.652 bits per heavy atom. The fraction of sp³-hybridized carbons (Fsp3) is 0.765. The van der Waals surface area contributed by atoms with Crippen molar-refractivity contribution in [1.82, 2.24) is 0 Å². The minimum Gasteiger partial charge on any atom is -0.476 e. The minimum absolute atomic E-state index is 0.139. The molecule has 23 heavy (non-hydrogen) atoms. The molecule has 0 heterocycles. The summed E-state index contributed by atoms with van der Waals surface area (Å²) >= 11 is 0. The predicted molar refractivity (Wildman–Crippen MR) is 85.3 cm³/mol. The lowest BCUT2D eigenvalue weighted by molar-refractivity contribution is -0.149. The first-order chi connectivity index (χ1) is 10.9. The van der Waals surface area contributed by atoms with E-state index in [9.17, 15) is 19.2 Å². The summed E-state index contributed by atoms with van der Waals surface area (Å²) in [7, 11) is 0. The molecule has 0 aromatic heterocycles. The summed E-state index contributed by atoms with van der Waals surface area (Å²) in [5, 5.41) is 16.8. The Labute approximate surface area is 137 Å². The average Bonchev–Trinajstić information content (AvgIpc) is 2.50. The van der Waals surface area contributed by atoms with Gasteiger partial charge in [0.05, 0.1) is 0 Å². The third-order valence-corrected chi connectivity index (χ3v) is 3.78. The van der Waals surface area contributed by atoms with Gasteiger partial charge in [-0.15, -0.1) is 0 Å². The number of carboxylic acids is 2. The molecule has 0 aromatic carbocycles. The Morgan fingerprint density at radius 1 is 0.435 bits per heavy atom. The highest BCUT2D eigenvalue weighted by molar-refractivity contribution is 6.32. The van der Waals surface area contributed by atoms with Gasteiger partial charge >= 0.3 is 11.9 Å². The SMILES string of the molecule is O=C(O)C(=O)CCCCCCCCCCCCCC(=O)C(=O)O. The van der Waals surface area contributed by atoms with Gasteiger partial charge in [0.15, 0.2) is 0 Å². The number of hydrogen-bond acceptors (Lipinski definition) is 4. The van der Waals surface area contributed by atoms with Crippen LogP contribution in [0.25, 0.3) is 0 Å². The zero-order chi connectivity index (χ0) is 17.5. The van der Waals surface area contributed by atoms with E-state index in [1.54, 1.807) is 0 Å². The maximum absolute atomic E-state index is 10.8. The van der Waals surface area contributed by atoms with Gasteiger partial charge in [-0.25, -0.2) is 9.59 Å². The number of ketones is 2. The summed E-state index contributed by atoms with van der Waals surface area (Å²) in [4.78, 5) is 42.3. The zero-order valence-corrected chi connectivity index (χ0v) is 13.7. The topological polar surface area (TPSA) is 109 Å². The molecular weight excluding hydrogens is 300 g/mol. The van der Waals surface area contributed by atoms with E-state index in [4.69, 9.17) is 10.2 Å². The smallest absolute Gasteiger partial charge is 0.372 e. The molecule has 0 aliphatic rings. The van der Waals surface area contributed by atoms with Gasteiger partial charge in [0.2, 0.25) is 11.6 Å². The van der Waals surface area contributed by atoms with Gasteiger partial charge in [-0.05, 0) is 12.8 Å². The molecule has 0 aromatic rings. The molecule has 0 fully saturated rings. The molecule has 0 bridgehead atoms. The normalized spacial score (nSPS) is 10.4. The lowest BCUT2D eigenvalue weighted by Gasteiger charge is -2.02. The molecule has 0 radical (unpaired) electrons. The molecule has 0 saturated carbocycles. The highest BCUT2D eigenvalue weighted by Gasteiger charge is 2.10.